The van der Waals surface area contributed by atoms with Gasteiger partial charge in [-0.2, -0.15) is 17.6 Å². The summed E-state index contributed by atoms with van der Waals surface area (Å²) in [4.78, 5) is 4.73. The minimum atomic E-state index is -4.95. The van der Waals surface area contributed by atoms with Crippen molar-refractivity contribution in [3.05, 3.63) is 29.3 Å². The molecule has 0 N–H and O–H groups in total. The van der Waals surface area contributed by atoms with E-state index in [2.05, 4.69) is 4.99 Å². The van der Waals surface area contributed by atoms with Gasteiger partial charge in [0.15, 0.2) is 10.7 Å². The first-order valence-corrected chi connectivity index (χ1v) is 6.85. The summed E-state index contributed by atoms with van der Waals surface area (Å²) in [7, 11) is 0. The summed E-state index contributed by atoms with van der Waals surface area (Å²) in [6.07, 6.45) is -2.76. The Morgan fingerprint density at radius 2 is 2.10 bits per heavy atom. The van der Waals surface area contributed by atoms with Crippen molar-refractivity contribution in [2.75, 3.05) is 0 Å². The molecule has 7 heteroatoms. The Kier molecular flexibility index (Phi) is 3.99. The molecule has 20 heavy (non-hydrogen) atoms. The quantitative estimate of drug-likeness (QED) is 0.488. The molecule has 2 aromatic rings. The molecule has 0 saturated carbocycles. The molecule has 0 radical (unpaired) electrons. The van der Waals surface area contributed by atoms with Crippen molar-refractivity contribution in [2.45, 2.75) is 26.4 Å². The molecule has 0 saturated heterocycles. The minimum absolute atomic E-state index is 0.0848. The van der Waals surface area contributed by atoms with E-state index in [4.69, 9.17) is 0 Å². The number of hydrogen-bond acceptors (Lipinski definition) is 3. The Labute approximate surface area is 118 Å². The monoisotopic (exact) mass is 302 g/mol. The highest BCUT2D eigenvalue weighted by Gasteiger charge is 2.34. The van der Waals surface area contributed by atoms with Crippen molar-refractivity contribution in [3.8, 4) is 0 Å². The summed E-state index contributed by atoms with van der Waals surface area (Å²) >= 11 is 1.35. The molecule has 0 aliphatic heterocycles. The molecule has 0 bridgehead atoms. The molecule has 0 aliphatic carbocycles. The van der Waals surface area contributed by atoms with Crippen LogP contribution in [0.15, 0.2) is 29.4 Å². The van der Waals surface area contributed by atoms with E-state index in [0.29, 0.717) is 11.3 Å². The first-order chi connectivity index (χ1) is 9.29. The van der Waals surface area contributed by atoms with Crippen LogP contribution >= 0.6 is 11.3 Å². The van der Waals surface area contributed by atoms with Crippen LogP contribution in [0.4, 0.5) is 19.0 Å². The van der Waals surface area contributed by atoms with Gasteiger partial charge in [0, 0.05) is 0 Å². The van der Waals surface area contributed by atoms with Crippen molar-refractivity contribution in [1.29, 1.82) is 0 Å². The number of aliphatic imine (C=N–C) groups is 1. The van der Waals surface area contributed by atoms with Crippen molar-refractivity contribution in [1.82, 2.24) is 0 Å². The van der Waals surface area contributed by atoms with E-state index in [1.54, 1.807) is 24.4 Å². The lowest BCUT2D eigenvalue weighted by molar-refractivity contribution is -0.493. The molecule has 2 rings (SSSR count). The maximum atomic E-state index is 12.4. The van der Waals surface area contributed by atoms with E-state index in [-0.39, 0.29) is 11.7 Å². The summed E-state index contributed by atoms with van der Waals surface area (Å²) in [6.45, 7) is 3.93. The lowest BCUT2D eigenvalue weighted by Gasteiger charge is -2.07. The van der Waals surface area contributed by atoms with Crippen LogP contribution < -0.4 is 9.51 Å². The van der Waals surface area contributed by atoms with Gasteiger partial charge >= 0.3 is 12.0 Å². The number of hydrogen-bond donors (Lipinski definition) is 0. The van der Waals surface area contributed by atoms with Crippen LogP contribution in [0.2, 0.25) is 0 Å². The van der Waals surface area contributed by atoms with Gasteiger partial charge in [-0.3, -0.25) is 0 Å². The molecule has 108 valence electrons. The van der Waals surface area contributed by atoms with Gasteiger partial charge in [0.25, 0.3) is 0 Å². The van der Waals surface area contributed by atoms with E-state index in [1.807, 2.05) is 13.8 Å². The zero-order valence-corrected chi connectivity index (χ0v) is 11.8. The van der Waals surface area contributed by atoms with E-state index < -0.39 is 12.1 Å². The second kappa shape index (κ2) is 5.40. The second-order valence-corrected chi connectivity index (χ2v) is 5.89. The molecule has 2 heterocycles. The minimum Gasteiger partial charge on any atom is -0.836 e. The van der Waals surface area contributed by atoms with Crippen LogP contribution in [-0.4, -0.2) is 12.1 Å². The maximum absolute atomic E-state index is 12.4. The molecule has 0 aliphatic rings. The summed E-state index contributed by atoms with van der Waals surface area (Å²) in [5.41, 5.74) is 0. The number of alkyl halides is 3. The van der Waals surface area contributed by atoms with Crippen molar-refractivity contribution in [3.63, 3.8) is 0 Å². The smallest absolute Gasteiger partial charge is 0.443 e. The predicted molar refractivity (Wildman–Crippen MR) is 69.2 cm³/mol. The Bertz CT molecular complexity index is 647. The van der Waals surface area contributed by atoms with Gasteiger partial charge in [-0.25, -0.2) is 0 Å². The molecule has 2 aromatic heterocycles. The highest BCUT2D eigenvalue weighted by molar-refractivity contribution is 7.17. The van der Waals surface area contributed by atoms with E-state index in [0.717, 1.165) is 4.83 Å². The highest BCUT2D eigenvalue weighted by atomic mass is 32.1. The average molecular weight is 302 g/mol. The summed E-state index contributed by atoms with van der Waals surface area (Å²) in [5.74, 6) is -1.72. The van der Waals surface area contributed by atoms with E-state index >= 15 is 0 Å². The van der Waals surface area contributed by atoms with Crippen LogP contribution in [0, 0.1) is 5.92 Å². The van der Waals surface area contributed by atoms with Crippen LogP contribution in [-0.2, 0) is 6.42 Å². The lowest BCUT2D eigenvalue weighted by atomic mass is 10.1. The lowest BCUT2D eigenvalue weighted by Crippen LogP contribution is -2.35. The second-order valence-electron chi connectivity index (χ2n) is 4.77. The van der Waals surface area contributed by atoms with Crippen LogP contribution in [0.25, 0.3) is 4.83 Å². The number of rotatable bonds is 3. The SMILES string of the molecule is CC(C)Cc1sc2cccc[n+]2c1/N=C(\[O-])C(F)(F)F. The Morgan fingerprint density at radius 1 is 1.40 bits per heavy atom. The number of thiazole rings is 1. The standard InChI is InChI=1S/C13H13F3N2OS/c1-8(2)7-9-11(17-12(19)13(14,15)16)18-6-4-3-5-10(18)20-9/h3-6,8H,7H2,1-2H3. The number of fused-ring (bicyclic) bond motifs is 1. The van der Waals surface area contributed by atoms with Gasteiger partial charge in [-0.15, -0.1) is 0 Å². The van der Waals surface area contributed by atoms with Crippen molar-refractivity contribution in [2.24, 2.45) is 10.9 Å². The normalized spacial score (nSPS) is 13.4. The molecule has 3 nitrogen and oxygen atoms in total. The molecule has 0 fully saturated rings. The fourth-order valence-electron chi connectivity index (χ4n) is 1.77. The molecule has 0 atom stereocenters. The Morgan fingerprint density at radius 3 is 2.70 bits per heavy atom. The van der Waals surface area contributed by atoms with E-state index in [1.165, 1.54) is 15.7 Å². The zero-order valence-electron chi connectivity index (χ0n) is 10.9. The van der Waals surface area contributed by atoms with Crippen LogP contribution in [0.3, 0.4) is 0 Å². The summed E-state index contributed by atoms with van der Waals surface area (Å²) in [6, 6.07) is 5.27. The van der Waals surface area contributed by atoms with Gasteiger partial charge < -0.3 is 5.11 Å². The summed E-state index contributed by atoms with van der Waals surface area (Å²) < 4.78 is 38.7. The molecule has 0 aromatic carbocycles. The third kappa shape index (κ3) is 3.09. The number of halogens is 3. The predicted octanol–water partition coefficient (Wildman–Crippen LogP) is 2.64. The van der Waals surface area contributed by atoms with Gasteiger partial charge in [-0.1, -0.05) is 36.2 Å². The molecule has 0 spiro atoms. The molecule has 0 unspecified atom stereocenters. The van der Waals surface area contributed by atoms with Crippen molar-refractivity contribution < 1.29 is 22.7 Å². The van der Waals surface area contributed by atoms with Gasteiger partial charge in [0.05, 0.1) is 6.20 Å². The maximum Gasteiger partial charge on any atom is 0.443 e. The van der Waals surface area contributed by atoms with Gasteiger partial charge in [0.1, 0.15) is 4.88 Å². The fraction of sp³-hybridized carbons (Fsp3) is 0.385. The largest absolute Gasteiger partial charge is 0.836 e. The third-order valence-electron chi connectivity index (χ3n) is 2.57. The number of nitrogens with zero attached hydrogens (tertiary/aromatic N) is 2. The zero-order chi connectivity index (χ0) is 14.9. The van der Waals surface area contributed by atoms with Crippen LogP contribution in [0.5, 0.6) is 0 Å². The van der Waals surface area contributed by atoms with Crippen LogP contribution in [0.1, 0.15) is 18.7 Å². The van der Waals surface area contributed by atoms with Gasteiger partial charge in [0.2, 0.25) is 0 Å². The van der Waals surface area contributed by atoms with Crippen molar-refractivity contribution >= 4 is 27.9 Å². The third-order valence-corrected chi connectivity index (χ3v) is 3.71. The molecular formula is C13H13F3N2OS. The van der Waals surface area contributed by atoms with E-state index in [9.17, 15) is 18.3 Å². The summed E-state index contributed by atoms with van der Waals surface area (Å²) in [5, 5.41) is 11.1. The Balaban J connectivity index is 2.59. The highest BCUT2D eigenvalue weighted by Crippen LogP contribution is 2.28. The number of pyridine rings is 1. The topological polar surface area (TPSA) is 39.5 Å². The Hall–Kier alpha value is -1.63. The first kappa shape index (κ1) is 14.8. The molecular weight excluding hydrogens is 289 g/mol. The molecule has 0 amide bonds. The first-order valence-electron chi connectivity index (χ1n) is 6.04. The average Bonchev–Trinajstić information content (AvgIpc) is 2.65. The van der Waals surface area contributed by atoms with Gasteiger partial charge in [-0.05, 0) is 24.5 Å². The number of aromatic nitrogens is 1. The fourth-order valence-corrected chi connectivity index (χ4v) is 3.07.